The molecule has 1 aromatic carbocycles. The molecule has 0 spiro atoms. The summed E-state index contributed by atoms with van der Waals surface area (Å²) < 4.78 is 42.9. The number of carbonyl (C=O) groups excluding carboxylic acids is 1. The van der Waals surface area contributed by atoms with Crippen LogP contribution in [-0.4, -0.2) is 47.8 Å². The van der Waals surface area contributed by atoms with Gasteiger partial charge in [0.25, 0.3) is 0 Å². The monoisotopic (exact) mass is 507 g/mol. The van der Waals surface area contributed by atoms with Crippen LogP contribution in [0.4, 0.5) is 10.1 Å². The largest absolute Gasteiger partial charge is 0.379 e. The molecule has 3 atom stereocenters. The molecule has 1 aliphatic rings. The fraction of sp³-hybridized carbons (Fsp3) is 0.318. The molecule has 3 N–H and O–H groups in total. The van der Waals surface area contributed by atoms with Crippen molar-refractivity contribution in [1.82, 2.24) is 14.8 Å². The number of alkyl halides is 1. The van der Waals surface area contributed by atoms with Gasteiger partial charge in [0.05, 0.1) is 24.8 Å². The third-order valence-electron chi connectivity index (χ3n) is 5.56. The van der Waals surface area contributed by atoms with Gasteiger partial charge in [-0.05, 0) is 48.6 Å². The maximum absolute atomic E-state index is 14.6. The normalized spacial score (nSPS) is 20.4. The molecule has 34 heavy (non-hydrogen) atoms. The quantitative estimate of drug-likeness (QED) is 0.426. The summed E-state index contributed by atoms with van der Waals surface area (Å²) in [6, 6.07) is 9.94. The number of hydrogen-bond donors (Lipinski definition) is 2. The summed E-state index contributed by atoms with van der Waals surface area (Å²) >= 11 is 6.03. The first-order valence-corrected chi connectivity index (χ1v) is 12.4. The number of carbonyl (C=O) groups is 1. The van der Waals surface area contributed by atoms with Crippen LogP contribution in [0.1, 0.15) is 34.5 Å². The number of nitrogens with two attached hydrogens (primary N) is 1. The number of rotatable bonds is 9. The van der Waals surface area contributed by atoms with E-state index in [4.69, 9.17) is 16.7 Å². The molecule has 1 aliphatic carbocycles. The standard InChI is InChI=1S/C22H23ClFN5O4S/c23-16-3-1-2-14(8-16)12-29-7-5-20(28-29)22(30)17-11-26-6-4-19(17)27-21-10-15(9-18(21)24)13-33-34(25,31)32/h1-8,11,15,18,21H,9-10,12-13H2,(H,26,27)(H2,25,31,32)/t15-,18+,21-/m1/s1. The molecule has 0 aliphatic heterocycles. The highest BCUT2D eigenvalue weighted by atomic mass is 35.5. The van der Waals surface area contributed by atoms with Gasteiger partial charge in [-0.3, -0.25) is 18.6 Å². The number of benzene rings is 1. The molecule has 0 saturated heterocycles. The maximum atomic E-state index is 14.6. The Labute approximate surface area is 201 Å². The fourth-order valence-electron chi connectivity index (χ4n) is 3.99. The number of halogens is 2. The molecule has 2 heterocycles. The summed E-state index contributed by atoms with van der Waals surface area (Å²) in [5.74, 6) is -0.683. The second-order valence-electron chi connectivity index (χ2n) is 8.16. The zero-order valence-corrected chi connectivity index (χ0v) is 19.5. The van der Waals surface area contributed by atoms with Crippen LogP contribution in [0, 0.1) is 5.92 Å². The first kappa shape index (κ1) is 24.3. The van der Waals surface area contributed by atoms with Gasteiger partial charge in [0.1, 0.15) is 11.9 Å². The number of aromatic nitrogens is 3. The van der Waals surface area contributed by atoms with Crippen molar-refractivity contribution in [1.29, 1.82) is 0 Å². The molecule has 180 valence electrons. The average Bonchev–Trinajstić information content (AvgIpc) is 3.38. The minimum Gasteiger partial charge on any atom is -0.379 e. The number of anilines is 1. The molecular formula is C22H23ClFN5O4S. The van der Waals surface area contributed by atoms with E-state index in [1.807, 2.05) is 18.2 Å². The molecule has 9 nitrogen and oxygen atoms in total. The summed E-state index contributed by atoms with van der Waals surface area (Å²) in [6.45, 7) is 0.253. The lowest BCUT2D eigenvalue weighted by Crippen LogP contribution is -2.26. The molecule has 0 bridgehead atoms. The van der Waals surface area contributed by atoms with E-state index in [1.54, 1.807) is 29.1 Å². The predicted molar refractivity (Wildman–Crippen MR) is 125 cm³/mol. The van der Waals surface area contributed by atoms with E-state index in [1.165, 1.54) is 12.4 Å². The fourth-order valence-corrected chi connectivity index (χ4v) is 4.59. The highest BCUT2D eigenvalue weighted by Crippen LogP contribution is 2.32. The third-order valence-corrected chi connectivity index (χ3v) is 6.26. The Morgan fingerprint density at radius 1 is 1.29 bits per heavy atom. The van der Waals surface area contributed by atoms with Gasteiger partial charge in [0.2, 0.25) is 5.78 Å². The smallest absolute Gasteiger partial charge is 0.333 e. The Morgan fingerprint density at radius 2 is 2.12 bits per heavy atom. The van der Waals surface area contributed by atoms with Crippen molar-refractivity contribution in [3.63, 3.8) is 0 Å². The minimum absolute atomic E-state index is 0.120. The Morgan fingerprint density at radius 3 is 2.88 bits per heavy atom. The average molecular weight is 508 g/mol. The second-order valence-corrected chi connectivity index (χ2v) is 9.82. The van der Waals surface area contributed by atoms with Gasteiger partial charge >= 0.3 is 10.3 Å². The summed E-state index contributed by atoms with van der Waals surface area (Å²) in [6.07, 6.45) is 3.80. The van der Waals surface area contributed by atoms with Crippen LogP contribution in [0.5, 0.6) is 0 Å². The van der Waals surface area contributed by atoms with Gasteiger partial charge < -0.3 is 5.32 Å². The van der Waals surface area contributed by atoms with E-state index < -0.39 is 22.5 Å². The van der Waals surface area contributed by atoms with Crippen molar-refractivity contribution in [3.05, 3.63) is 76.8 Å². The molecule has 2 aromatic heterocycles. The lowest BCUT2D eigenvalue weighted by Gasteiger charge is -2.18. The van der Waals surface area contributed by atoms with Crippen LogP contribution < -0.4 is 10.5 Å². The van der Waals surface area contributed by atoms with Gasteiger partial charge in [-0.15, -0.1) is 0 Å². The van der Waals surface area contributed by atoms with E-state index in [0.29, 0.717) is 23.7 Å². The first-order chi connectivity index (χ1) is 16.2. The van der Waals surface area contributed by atoms with Crippen LogP contribution >= 0.6 is 11.6 Å². The van der Waals surface area contributed by atoms with E-state index in [2.05, 4.69) is 19.6 Å². The second kappa shape index (κ2) is 10.2. The number of hydrogen-bond acceptors (Lipinski definition) is 7. The molecule has 3 aromatic rings. The van der Waals surface area contributed by atoms with Crippen LogP contribution in [0.3, 0.4) is 0 Å². The van der Waals surface area contributed by atoms with Crippen molar-refractivity contribution in [2.24, 2.45) is 11.1 Å². The Bertz CT molecular complexity index is 1290. The zero-order valence-electron chi connectivity index (χ0n) is 18.0. The van der Waals surface area contributed by atoms with Gasteiger partial charge in [0, 0.05) is 29.3 Å². The summed E-state index contributed by atoms with van der Waals surface area (Å²) in [7, 11) is -4.09. The first-order valence-electron chi connectivity index (χ1n) is 10.5. The van der Waals surface area contributed by atoms with E-state index >= 15 is 0 Å². The SMILES string of the molecule is NS(=O)(=O)OC[C@@H]1C[C@H](F)[C@H](Nc2ccncc2C(=O)c2ccn(Cc3cccc(Cl)c3)n2)C1. The molecular weight excluding hydrogens is 485 g/mol. The van der Waals surface area contributed by atoms with Crippen molar-refractivity contribution in [2.45, 2.75) is 31.6 Å². The van der Waals surface area contributed by atoms with Gasteiger partial charge in [0.15, 0.2) is 0 Å². The van der Waals surface area contributed by atoms with Crippen molar-refractivity contribution in [3.8, 4) is 0 Å². The number of pyridine rings is 1. The number of ketones is 1. The van der Waals surface area contributed by atoms with Crippen molar-refractivity contribution in [2.75, 3.05) is 11.9 Å². The Balaban J connectivity index is 1.45. The molecule has 12 heteroatoms. The molecule has 0 unspecified atom stereocenters. The number of nitrogens with zero attached hydrogens (tertiary/aromatic N) is 3. The highest BCUT2D eigenvalue weighted by molar-refractivity contribution is 7.84. The van der Waals surface area contributed by atoms with Gasteiger partial charge in [-0.2, -0.15) is 13.5 Å². The number of nitrogens with one attached hydrogen (secondary N) is 1. The van der Waals surface area contributed by atoms with Crippen molar-refractivity contribution < 1.29 is 21.8 Å². The maximum Gasteiger partial charge on any atom is 0.333 e. The summed E-state index contributed by atoms with van der Waals surface area (Å²) in [4.78, 5) is 17.2. The predicted octanol–water partition coefficient (Wildman–Crippen LogP) is 2.96. The molecule has 0 amide bonds. The molecule has 1 saturated carbocycles. The van der Waals surface area contributed by atoms with Crippen LogP contribution in [0.2, 0.25) is 5.02 Å². The Kier molecular flexibility index (Phi) is 7.27. The van der Waals surface area contributed by atoms with E-state index in [-0.39, 0.29) is 36.0 Å². The van der Waals surface area contributed by atoms with E-state index in [0.717, 1.165) is 5.56 Å². The van der Waals surface area contributed by atoms with Crippen molar-refractivity contribution >= 4 is 33.4 Å². The zero-order chi connectivity index (χ0) is 24.3. The van der Waals surface area contributed by atoms with Crippen LogP contribution in [-0.2, 0) is 21.0 Å². The van der Waals surface area contributed by atoms with Crippen LogP contribution in [0.15, 0.2) is 55.0 Å². The lowest BCUT2D eigenvalue weighted by molar-refractivity contribution is 0.103. The summed E-state index contributed by atoms with van der Waals surface area (Å²) in [5.41, 5.74) is 1.84. The molecule has 1 fully saturated rings. The molecule has 4 rings (SSSR count). The minimum atomic E-state index is -4.09. The highest BCUT2D eigenvalue weighted by Gasteiger charge is 2.35. The Hall–Kier alpha value is -2.86. The topological polar surface area (TPSA) is 129 Å². The molecule has 0 radical (unpaired) electrons. The van der Waals surface area contributed by atoms with E-state index in [9.17, 15) is 17.6 Å². The van der Waals surface area contributed by atoms with Gasteiger partial charge in [-0.25, -0.2) is 9.53 Å². The lowest BCUT2D eigenvalue weighted by atomic mass is 10.1. The summed E-state index contributed by atoms with van der Waals surface area (Å²) in [5, 5.41) is 12.9. The van der Waals surface area contributed by atoms with Gasteiger partial charge in [-0.1, -0.05) is 23.7 Å². The van der Waals surface area contributed by atoms with Crippen LogP contribution in [0.25, 0.3) is 0 Å². The third kappa shape index (κ3) is 6.17.